The van der Waals surface area contributed by atoms with Crippen molar-refractivity contribution in [2.75, 3.05) is 0 Å². The number of hydrogen-bond donors (Lipinski definition) is 2. The number of aliphatic carboxylic acids is 1. The molecule has 0 fully saturated rings. The summed E-state index contributed by atoms with van der Waals surface area (Å²) in [5.41, 5.74) is 3.46. The van der Waals surface area contributed by atoms with Crippen LogP contribution in [0.4, 0.5) is 0 Å². The van der Waals surface area contributed by atoms with Gasteiger partial charge in [-0.1, -0.05) is 32.1 Å². The van der Waals surface area contributed by atoms with Crippen LogP contribution in [0.5, 0.6) is 0 Å². The first-order valence-electron chi connectivity index (χ1n) is 6.23. The molecule has 0 saturated carbocycles. The smallest absolute Gasteiger partial charge is 0.307 e. The number of carbonyl (C=O) groups is 1. The third-order valence-electron chi connectivity index (χ3n) is 3.59. The van der Waals surface area contributed by atoms with E-state index in [1.54, 1.807) is 0 Å². The molecule has 3 heteroatoms. The van der Waals surface area contributed by atoms with Gasteiger partial charge in [-0.05, 0) is 24.5 Å². The van der Waals surface area contributed by atoms with Gasteiger partial charge < -0.3 is 10.5 Å². The molecule has 0 bridgehead atoms. The Hall–Kier alpha value is -1.64. The first-order valence-corrected chi connectivity index (χ1v) is 6.23. The van der Waals surface area contributed by atoms with E-state index in [4.69, 9.17) is 10.5 Å². The van der Waals surface area contributed by atoms with Gasteiger partial charge in [-0.2, -0.15) is 0 Å². The molecule has 0 aliphatic heterocycles. The Morgan fingerprint density at radius 1 is 1.44 bits per heavy atom. The van der Waals surface area contributed by atoms with Crippen LogP contribution >= 0.6 is 0 Å². The Kier molecular flexibility index (Phi) is 3.01. The molecule has 0 aromatic carbocycles. The highest BCUT2D eigenvalue weighted by Gasteiger charge is 2.31. The number of rotatable bonds is 1. The number of allylic oxidation sites excluding steroid dienone is 6. The predicted molar refractivity (Wildman–Crippen MR) is 71.8 cm³/mol. The minimum atomic E-state index is -0.801. The zero-order valence-corrected chi connectivity index (χ0v) is 11.1. The van der Waals surface area contributed by atoms with Gasteiger partial charge in [-0.3, -0.25) is 4.79 Å². The first kappa shape index (κ1) is 12.8. The zero-order valence-electron chi connectivity index (χ0n) is 11.1. The zero-order chi connectivity index (χ0) is 13.5. The lowest BCUT2D eigenvalue weighted by Crippen LogP contribution is -2.24. The van der Waals surface area contributed by atoms with Gasteiger partial charge in [0.1, 0.15) is 0 Å². The fourth-order valence-electron chi connectivity index (χ4n) is 2.79. The minimum absolute atomic E-state index is 0.0412. The highest BCUT2D eigenvalue weighted by atomic mass is 16.4. The summed E-state index contributed by atoms with van der Waals surface area (Å²) >= 11 is 0. The van der Waals surface area contributed by atoms with E-state index < -0.39 is 11.9 Å². The average molecular weight is 245 g/mol. The van der Waals surface area contributed by atoms with E-state index in [0.717, 1.165) is 16.7 Å². The Balaban J connectivity index is 2.47. The molecule has 96 valence electrons. The molecule has 1 atom stereocenters. The van der Waals surface area contributed by atoms with Crippen LogP contribution in [-0.2, 0) is 4.79 Å². The molecule has 0 aromatic rings. The largest absolute Gasteiger partial charge is 0.481 e. The maximum Gasteiger partial charge on any atom is 0.307 e. The summed E-state index contributed by atoms with van der Waals surface area (Å²) in [7, 11) is 0. The van der Waals surface area contributed by atoms with Crippen LogP contribution in [0.3, 0.4) is 0 Å². The lowest BCUT2D eigenvalue weighted by Gasteiger charge is -2.24. The Morgan fingerprint density at radius 2 is 2.11 bits per heavy atom. The molecular weight excluding hydrogens is 226 g/mol. The predicted octanol–water partition coefficient (Wildman–Crippen LogP) is 3.34. The van der Waals surface area contributed by atoms with Gasteiger partial charge in [-0.15, -0.1) is 0 Å². The summed E-state index contributed by atoms with van der Waals surface area (Å²) in [5.74, 6) is -1.25. The van der Waals surface area contributed by atoms with Crippen molar-refractivity contribution in [2.24, 2.45) is 11.3 Å². The van der Waals surface area contributed by atoms with Crippen LogP contribution in [-0.4, -0.2) is 16.8 Å². The van der Waals surface area contributed by atoms with E-state index in [0.29, 0.717) is 18.6 Å². The summed E-state index contributed by atoms with van der Waals surface area (Å²) in [4.78, 5) is 11.1. The van der Waals surface area contributed by atoms with Gasteiger partial charge in [0.15, 0.2) is 0 Å². The summed E-state index contributed by atoms with van der Waals surface area (Å²) in [6, 6.07) is 0. The molecule has 2 rings (SSSR count). The molecule has 3 nitrogen and oxygen atoms in total. The average Bonchev–Trinajstić information content (AvgIpc) is 2.35. The number of carboxylic acid groups (broad SMARTS) is 1. The summed E-state index contributed by atoms with van der Waals surface area (Å²) in [6.07, 6.45) is 7.13. The van der Waals surface area contributed by atoms with Gasteiger partial charge >= 0.3 is 5.97 Å². The normalized spacial score (nSPS) is 26.5. The molecule has 0 spiro atoms. The van der Waals surface area contributed by atoms with Crippen molar-refractivity contribution < 1.29 is 9.90 Å². The molecule has 0 heterocycles. The van der Waals surface area contributed by atoms with E-state index in [1.807, 2.05) is 13.0 Å². The van der Waals surface area contributed by atoms with Crippen molar-refractivity contribution in [2.45, 2.75) is 33.6 Å². The van der Waals surface area contributed by atoms with Gasteiger partial charge in [0.05, 0.1) is 5.92 Å². The van der Waals surface area contributed by atoms with Gasteiger partial charge in [0.25, 0.3) is 0 Å². The first-order chi connectivity index (χ1) is 8.30. The SMILES string of the molecule is CC1=CC(C)(C)C=CC2=C1C(=N)CC(C(=O)O)C2. The Labute approximate surface area is 107 Å². The van der Waals surface area contributed by atoms with Crippen LogP contribution in [0.2, 0.25) is 0 Å². The fourth-order valence-corrected chi connectivity index (χ4v) is 2.79. The molecular formula is C15H19NO2. The second kappa shape index (κ2) is 4.23. The van der Waals surface area contributed by atoms with Crippen LogP contribution in [0.25, 0.3) is 0 Å². The lowest BCUT2D eigenvalue weighted by molar-refractivity contribution is -0.141. The third kappa shape index (κ3) is 2.30. The van der Waals surface area contributed by atoms with Gasteiger partial charge in [0, 0.05) is 23.1 Å². The van der Waals surface area contributed by atoms with E-state index >= 15 is 0 Å². The van der Waals surface area contributed by atoms with Crippen LogP contribution < -0.4 is 0 Å². The van der Waals surface area contributed by atoms with Crippen molar-refractivity contribution >= 4 is 11.7 Å². The molecule has 0 amide bonds. The van der Waals surface area contributed by atoms with Crippen molar-refractivity contribution in [1.82, 2.24) is 0 Å². The van der Waals surface area contributed by atoms with E-state index in [2.05, 4.69) is 26.0 Å². The van der Waals surface area contributed by atoms with Crippen LogP contribution in [0.15, 0.2) is 34.9 Å². The quantitative estimate of drug-likeness (QED) is 0.744. The summed E-state index contributed by atoms with van der Waals surface area (Å²) in [5, 5.41) is 17.2. The maximum absolute atomic E-state index is 11.1. The third-order valence-corrected chi connectivity index (χ3v) is 3.59. The molecule has 1 unspecified atom stereocenters. The molecule has 0 aromatic heterocycles. The Morgan fingerprint density at radius 3 is 2.72 bits per heavy atom. The monoisotopic (exact) mass is 245 g/mol. The molecule has 0 saturated heterocycles. The molecule has 2 aliphatic carbocycles. The van der Waals surface area contributed by atoms with Crippen molar-refractivity contribution in [1.29, 1.82) is 5.41 Å². The summed E-state index contributed by atoms with van der Waals surface area (Å²) < 4.78 is 0. The topological polar surface area (TPSA) is 61.2 Å². The number of hydrogen-bond acceptors (Lipinski definition) is 2. The fraction of sp³-hybridized carbons (Fsp3) is 0.467. The standard InChI is InChI=1S/C15H19NO2/c1-9-8-15(2,3)5-4-10-6-11(14(17)18)7-12(16)13(9)10/h4-5,8,11,16H,6-7H2,1-3H3,(H,17,18). The molecule has 0 radical (unpaired) electrons. The van der Waals surface area contributed by atoms with Crippen molar-refractivity contribution in [3.8, 4) is 0 Å². The number of carboxylic acids is 1. The van der Waals surface area contributed by atoms with Crippen LogP contribution in [0.1, 0.15) is 33.6 Å². The van der Waals surface area contributed by atoms with E-state index in [1.165, 1.54) is 0 Å². The van der Waals surface area contributed by atoms with Crippen molar-refractivity contribution in [3.63, 3.8) is 0 Å². The Bertz CT molecular complexity index is 507. The maximum atomic E-state index is 11.1. The summed E-state index contributed by atoms with van der Waals surface area (Å²) in [6.45, 7) is 6.24. The highest BCUT2D eigenvalue weighted by Crippen LogP contribution is 2.37. The minimum Gasteiger partial charge on any atom is -0.481 e. The second-order valence-electron chi connectivity index (χ2n) is 5.80. The molecule has 18 heavy (non-hydrogen) atoms. The highest BCUT2D eigenvalue weighted by molar-refractivity contribution is 6.05. The number of nitrogens with one attached hydrogen (secondary N) is 1. The lowest BCUT2D eigenvalue weighted by atomic mass is 9.80. The second-order valence-corrected chi connectivity index (χ2v) is 5.80. The molecule has 2 N–H and O–H groups in total. The van der Waals surface area contributed by atoms with Gasteiger partial charge in [0.2, 0.25) is 0 Å². The van der Waals surface area contributed by atoms with Gasteiger partial charge in [-0.25, -0.2) is 0 Å². The molecule has 2 aliphatic rings. The van der Waals surface area contributed by atoms with Crippen LogP contribution in [0, 0.1) is 16.7 Å². The van der Waals surface area contributed by atoms with E-state index in [9.17, 15) is 4.79 Å². The van der Waals surface area contributed by atoms with E-state index in [-0.39, 0.29) is 5.41 Å². The van der Waals surface area contributed by atoms with Crippen molar-refractivity contribution in [3.05, 3.63) is 34.9 Å².